The second kappa shape index (κ2) is 4.74. The van der Waals surface area contributed by atoms with Gasteiger partial charge >= 0.3 is 0 Å². The Morgan fingerprint density at radius 1 is 1.47 bits per heavy atom. The van der Waals surface area contributed by atoms with Gasteiger partial charge in [-0.3, -0.25) is 4.79 Å². The molecule has 0 saturated carbocycles. The van der Waals surface area contributed by atoms with Crippen LogP contribution in [0.5, 0.6) is 0 Å². The number of nitrogens with zero attached hydrogens (tertiary/aromatic N) is 1. The molecular weight excluding hydrogens is 208 g/mol. The normalized spacial score (nSPS) is 37.3. The topological polar surface area (TPSA) is 46.3 Å². The molecule has 3 unspecified atom stereocenters. The number of hydrogen-bond acceptors (Lipinski definition) is 3. The fourth-order valence-corrected chi connectivity index (χ4v) is 4.01. The number of carbonyl (C=O) groups is 1. The first kappa shape index (κ1) is 11.3. The number of nitrogens with two attached hydrogens (primary N) is 1. The zero-order chi connectivity index (χ0) is 10.8. The van der Waals surface area contributed by atoms with Crippen LogP contribution in [0.2, 0.25) is 0 Å². The van der Waals surface area contributed by atoms with Gasteiger partial charge in [0.25, 0.3) is 0 Å². The van der Waals surface area contributed by atoms with Gasteiger partial charge in [-0.25, -0.2) is 0 Å². The summed E-state index contributed by atoms with van der Waals surface area (Å²) in [6.45, 7) is 2.17. The lowest BCUT2D eigenvalue weighted by Gasteiger charge is -2.41. The van der Waals surface area contributed by atoms with Crippen molar-refractivity contribution in [2.45, 2.75) is 56.5 Å². The summed E-state index contributed by atoms with van der Waals surface area (Å²) >= 11 is 1.92. The van der Waals surface area contributed by atoms with Gasteiger partial charge in [-0.2, -0.15) is 0 Å². The maximum Gasteiger partial charge on any atom is 0.240 e. The van der Waals surface area contributed by atoms with Crippen LogP contribution >= 0.6 is 11.8 Å². The van der Waals surface area contributed by atoms with E-state index >= 15 is 0 Å². The van der Waals surface area contributed by atoms with Crippen molar-refractivity contribution >= 4 is 17.7 Å². The standard InChI is InChI=1S/C11H20N2OS/c1-2-8-4-3-5-10-13(8)11(14)9(12)6-7-15-10/h8-10H,2-7,12H2,1H3. The number of carbonyl (C=O) groups excluding carboxylic acids is 1. The molecule has 0 spiro atoms. The molecule has 1 amide bonds. The Bertz CT molecular complexity index is 247. The lowest BCUT2D eigenvalue weighted by atomic mass is 9.98. The SMILES string of the molecule is CCC1CCCC2SCCC(N)C(=O)N12. The fraction of sp³-hybridized carbons (Fsp3) is 0.909. The van der Waals surface area contributed by atoms with E-state index in [0.717, 1.165) is 31.4 Å². The van der Waals surface area contributed by atoms with Gasteiger partial charge in [-0.05, 0) is 37.9 Å². The number of rotatable bonds is 1. The number of thioether (sulfide) groups is 1. The van der Waals surface area contributed by atoms with Crippen molar-refractivity contribution in [2.75, 3.05) is 5.75 Å². The van der Waals surface area contributed by atoms with E-state index in [0.29, 0.717) is 11.4 Å². The van der Waals surface area contributed by atoms with Crippen LogP contribution in [0.1, 0.15) is 39.0 Å². The molecule has 2 aliphatic heterocycles. The number of amides is 1. The third-order valence-corrected chi connectivity index (χ3v) is 4.79. The Hall–Kier alpha value is -0.220. The highest BCUT2D eigenvalue weighted by atomic mass is 32.2. The number of fused-ring (bicyclic) bond motifs is 1. The molecule has 2 rings (SSSR count). The molecule has 86 valence electrons. The Kier molecular flexibility index (Phi) is 3.57. The van der Waals surface area contributed by atoms with Crippen molar-refractivity contribution in [1.29, 1.82) is 0 Å². The average Bonchev–Trinajstić information content (AvgIpc) is 2.40. The molecule has 0 aromatic carbocycles. The second-order valence-electron chi connectivity index (χ2n) is 4.46. The van der Waals surface area contributed by atoms with Crippen LogP contribution in [-0.4, -0.2) is 34.0 Å². The average molecular weight is 228 g/mol. The zero-order valence-electron chi connectivity index (χ0n) is 9.32. The lowest BCUT2D eigenvalue weighted by molar-refractivity contribution is -0.137. The van der Waals surface area contributed by atoms with Crippen LogP contribution in [-0.2, 0) is 4.79 Å². The Balaban J connectivity index is 2.18. The number of piperidine rings is 1. The highest BCUT2D eigenvalue weighted by Crippen LogP contribution is 2.34. The van der Waals surface area contributed by atoms with E-state index in [-0.39, 0.29) is 11.9 Å². The quantitative estimate of drug-likeness (QED) is 0.741. The fourth-order valence-electron chi connectivity index (χ4n) is 2.57. The van der Waals surface area contributed by atoms with Crippen LogP contribution < -0.4 is 5.73 Å². The smallest absolute Gasteiger partial charge is 0.240 e. The summed E-state index contributed by atoms with van der Waals surface area (Å²) in [5.41, 5.74) is 5.90. The first-order valence-electron chi connectivity index (χ1n) is 5.93. The predicted octanol–water partition coefficient (Wildman–Crippen LogP) is 1.57. The monoisotopic (exact) mass is 228 g/mol. The van der Waals surface area contributed by atoms with Crippen LogP contribution in [0.4, 0.5) is 0 Å². The molecule has 3 nitrogen and oxygen atoms in total. The summed E-state index contributed by atoms with van der Waals surface area (Å²) < 4.78 is 0. The molecular formula is C11H20N2OS. The van der Waals surface area contributed by atoms with Crippen molar-refractivity contribution in [1.82, 2.24) is 4.90 Å². The molecule has 0 aliphatic carbocycles. The molecule has 0 aromatic heterocycles. The van der Waals surface area contributed by atoms with Crippen molar-refractivity contribution in [3.63, 3.8) is 0 Å². The first-order chi connectivity index (χ1) is 7.24. The molecule has 2 heterocycles. The molecule has 0 radical (unpaired) electrons. The first-order valence-corrected chi connectivity index (χ1v) is 6.98. The Morgan fingerprint density at radius 3 is 3.00 bits per heavy atom. The summed E-state index contributed by atoms with van der Waals surface area (Å²) in [5, 5.41) is 0.407. The van der Waals surface area contributed by atoms with Crippen LogP contribution in [0, 0.1) is 0 Å². The zero-order valence-corrected chi connectivity index (χ0v) is 10.1. The minimum Gasteiger partial charge on any atom is -0.326 e. The maximum absolute atomic E-state index is 12.1. The molecule has 2 aliphatic rings. The Morgan fingerprint density at radius 2 is 2.27 bits per heavy atom. The van der Waals surface area contributed by atoms with E-state index < -0.39 is 0 Å². The molecule has 3 atom stereocenters. The molecule has 2 fully saturated rings. The van der Waals surface area contributed by atoms with Gasteiger partial charge < -0.3 is 10.6 Å². The molecule has 2 saturated heterocycles. The van der Waals surface area contributed by atoms with E-state index in [4.69, 9.17) is 5.73 Å². The predicted molar refractivity (Wildman–Crippen MR) is 63.6 cm³/mol. The minimum atomic E-state index is -0.255. The van der Waals surface area contributed by atoms with E-state index in [1.165, 1.54) is 6.42 Å². The van der Waals surface area contributed by atoms with Crippen LogP contribution in [0.15, 0.2) is 0 Å². The van der Waals surface area contributed by atoms with E-state index in [1.807, 2.05) is 11.8 Å². The van der Waals surface area contributed by atoms with Crippen molar-refractivity contribution < 1.29 is 4.79 Å². The van der Waals surface area contributed by atoms with Gasteiger partial charge in [0.2, 0.25) is 5.91 Å². The van der Waals surface area contributed by atoms with E-state index in [9.17, 15) is 4.79 Å². The van der Waals surface area contributed by atoms with Crippen molar-refractivity contribution in [3.05, 3.63) is 0 Å². The third-order valence-electron chi connectivity index (χ3n) is 3.47. The highest BCUT2D eigenvalue weighted by molar-refractivity contribution is 7.99. The minimum absolute atomic E-state index is 0.191. The highest BCUT2D eigenvalue weighted by Gasteiger charge is 2.37. The van der Waals surface area contributed by atoms with Crippen LogP contribution in [0.25, 0.3) is 0 Å². The summed E-state index contributed by atoms with van der Waals surface area (Å²) in [6.07, 6.45) is 5.48. The number of hydrogen-bond donors (Lipinski definition) is 1. The van der Waals surface area contributed by atoms with Gasteiger partial charge in [0.05, 0.1) is 11.4 Å². The molecule has 0 bridgehead atoms. The van der Waals surface area contributed by atoms with Gasteiger partial charge in [0.1, 0.15) is 0 Å². The second-order valence-corrected chi connectivity index (χ2v) is 5.74. The van der Waals surface area contributed by atoms with Gasteiger partial charge in [0.15, 0.2) is 0 Å². The van der Waals surface area contributed by atoms with Gasteiger partial charge in [-0.15, -0.1) is 11.8 Å². The summed E-state index contributed by atoms with van der Waals surface area (Å²) in [5.74, 6) is 1.22. The molecule has 0 aromatic rings. The van der Waals surface area contributed by atoms with Gasteiger partial charge in [0, 0.05) is 6.04 Å². The van der Waals surface area contributed by atoms with Crippen molar-refractivity contribution in [3.8, 4) is 0 Å². The van der Waals surface area contributed by atoms with E-state index in [1.54, 1.807) is 0 Å². The van der Waals surface area contributed by atoms with E-state index in [2.05, 4.69) is 11.8 Å². The third kappa shape index (κ3) is 2.16. The Labute approximate surface area is 95.8 Å². The maximum atomic E-state index is 12.1. The summed E-state index contributed by atoms with van der Waals surface area (Å²) in [4.78, 5) is 14.2. The molecule has 2 N–H and O–H groups in total. The molecule has 4 heteroatoms. The summed E-state index contributed by atoms with van der Waals surface area (Å²) in [7, 11) is 0. The summed E-state index contributed by atoms with van der Waals surface area (Å²) in [6, 6.07) is 0.183. The molecule has 15 heavy (non-hydrogen) atoms. The van der Waals surface area contributed by atoms with Crippen LogP contribution in [0.3, 0.4) is 0 Å². The van der Waals surface area contributed by atoms with Crippen molar-refractivity contribution in [2.24, 2.45) is 5.73 Å². The van der Waals surface area contributed by atoms with Gasteiger partial charge in [-0.1, -0.05) is 6.92 Å². The largest absolute Gasteiger partial charge is 0.326 e. The lowest BCUT2D eigenvalue weighted by Crippen LogP contribution is -2.52.